The Morgan fingerprint density at radius 2 is 1.81 bits per heavy atom. The summed E-state index contributed by atoms with van der Waals surface area (Å²) in [5.41, 5.74) is -0.957. The normalized spacial score (nSPS) is 12.8. The zero-order chi connectivity index (χ0) is 27.2. The molecule has 0 aliphatic rings. The van der Waals surface area contributed by atoms with Crippen molar-refractivity contribution in [1.82, 2.24) is 5.27 Å². The maximum atomic E-state index is 13.2. The molecule has 1 heterocycles. The molecule has 0 saturated heterocycles. The van der Waals surface area contributed by atoms with Crippen molar-refractivity contribution in [3.8, 4) is 0 Å². The van der Waals surface area contributed by atoms with E-state index in [0.717, 1.165) is 37.5 Å². The molecule has 0 aliphatic heterocycles. The summed E-state index contributed by atoms with van der Waals surface area (Å²) in [7, 11) is 0. The van der Waals surface area contributed by atoms with E-state index in [9.17, 15) is 31.1 Å². The highest BCUT2D eigenvalue weighted by Gasteiger charge is 2.33. The lowest BCUT2D eigenvalue weighted by Gasteiger charge is -2.12. The third-order valence-corrected chi connectivity index (χ3v) is 4.94. The number of aromatic nitrogens is 2. The Morgan fingerprint density at radius 3 is 2.43 bits per heavy atom. The van der Waals surface area contributed by atoms with Crippen LogP contribution in [0.5, 0.6) is 0 Å². The number of amides is 2. The van der Waals surface area contributed by atoms with Crippen LogP contribution in [0.15, 0.2) is 82.6 Å². The minimum atomic E-state index is -4.56. The molecule has 3 rings (SSSR count). The zero-order valence-electron chi connectivity index (χ0n) is 19.2. The second-order valence-electron chi connectivity index (χ2n) is 7.62. The molecule has 3 aromatic rings. The summed E-state index contributed by atoms with van der Waals surface area (Å²) < 4.78 is 84.4. The first-order chi connectivity index (χ1) is 17.4. The highest BCUT2D eigenvalue weighted by atomic mass is 19.4. The Kier molecular flexibility index (Phi) is 8.15. The third-order valence-electron chi connectivity index (χ3n) is 4.94. The van der Waals surface area contributed by atoms with Gasteiger partial charge in [-0.3, -0.25) is 14.8 Å². The van der Waals surface area contributed by atoms with Gasteiger partial charge in [0.2, 0.25) is 11.8 Å². The number of halogens is 6. The molecule has 0 radical (unpaired) electrons. The smallest absolute Gasteiger partial charge is 0.308 e. The molecule has 37 heavy (non-hydrogen) atoms. The second kappa shape index (κ2) is 11.1. The second-order valence-corrected chi connectivity index (χ2v) is 7.62. The van der Waals surface area contributed by atoms with Gasteiger partial charge in [-0.1, -0.05) is 36.9 Å². The summed E-state index contributed by atoms with van der Waals surface area (Å²) in [6.45, 7) is 4.48. The van der Waals surface area contributed by atoms with E-state index in [2.05, 4.69) is 27.5 Å². The number of alkyl halides is 6. The number of carbonyl (C=O) groups is 1. The maximum absolute atomic E-state index is 13.2. The number of nitrogens with zero attached hydrogens (tertiary/aromatic N) is 3. The maximum Gasteiger partial charge on any atom is 0.416 e. The van der Waals surface area contributed by atoms with Crippen LogP contribution in [0.2, 0.25) is 0 Å². The van der Waals surface area contributed by atoms with Gasteiger partial charge in [0, 0.05) is 34.8 Å². The van der Waals surface area contributed by atoms with Gasteiger partial charge < -0.3 is 5.32 Å². The van der Waals surface area contributed by atoms with Crippen molar-refractivity contribution in [1.29, 1.82) is 0 Å². The molecular formula is C24H20F6N5O2+. The SMILES string of the molecule is C=CN=C/C(=C(\C)C(F)(F)F)c1ccc(C[n+]2cc(NC(=O)Nc3cccc(C(F)(F)F)c3)on2)cc1. The van der Waals surface area contributed by atoms with Crippen molar-refractivity contribution in [3.05, 3.63) is 89.8 Å². The molecule has 1 aromatic heterocycles. The molecule has 0 aliphatic carbocycles. The minimum Gasteiger partial charge on any atom is -0.308 e. The average Bonchev–Trinajstić information content (AvgIpc) is 3.25. The monoisotopic (exact) mass is 524 g/mol. The number of hydrogen-bond acceptors (Lipinski definition) is 4. The molecule has 0 unspecified atom stereocenters. The number of hydrogen-bond donors (Lipinski definition) is 2. The lowest BCUT2D eigenvalue weighted by atomic mass is 10.00. The molecule has 0 bridgehead atoms. The molecule has 0 fully saturated rings. The van der Waals surface area contributed by atoms with Gasteiger partial charge in [0.15, 0.2) is 0 Å². The summed E-state index contributed by atoms with van der Waals surface area (Å²) in [5, 5.41) is 8.31. The fourth-order valence-electron chi connectivity index (χ4n) is 3.10. The Balaban J connectivity index is 1.66. The van der Waals surface area contributed by atoms with Crippen LogP contribution >= 0.6 is 0 Å². The summed E-state index contributed by atoms with van der Waals surface area (Å²) in [5.74, 6) is -0.0900. The van der Waals surface area contributed by atoms with E-state index in [0.29, 0.717) is 11.1 Å². The van der Waals surface area contributed by atoms with Crippen molar-refractivity contribution < 1.29 is 40.3 Å². The van der Waals surface area contributed by atoms with Crippen LogP contribution in [0.4, 0.5) is 42.7 Å². The summed E-state index contributed by atoms with van der Waals surface area (Å²) in [6.07, 6.45) is -5.55. The minimum absolute atomic E-state index is 0.0767. The van der Waals surface area contributed by atoms with E-state index in [4.69, 9.17) is 4.52 Å². The molecule has 13 heteroatoms. The van der Waals surface area contributed by atoms with E-state index in [1.807, 2.05) is 0 Å². The van der Waals surface area contributed by atoms with Gasteiger partial charge in [-0.25, -0.2) is 4.79 Å². The molecular weight excluding hydrogens is 504 g/mol. The topological polar surface area (TPSA) is 83.4 Å². The zero-order valence-corrected chi connectivity index (χ0v) is 19.2. The standard InChI is InChI=1S/C24H19F6N5O2/c1-3-31-12-20(15(2)23(25,26)27)17-9-7-16(8-10-17)13-35-14-21(37-34-35)33-22(36)32-19-6-4-5-18(11-19)24(28,29)30/h3-12,14H,1,13H2,2H3,(H-,32,33,34,36)/p+1/b20-15-,31-12?. The first-order valence-corrected chi connectivity index (χ1v) is 10.5. The van der Waals surface area contributed by atoms with Gasteiger partial charge in [-0.15, -0.1) is 0 Å². The number of urea groups is 1. The number of aliphatic imine (C=N–C) groups is 1. The number of nitrogens with one attached hydrogen (secondary N) is 2. The van der Waals surface area contributed by atoms with Gasteiger partial charge in [0.05, 0.1) is 5.56 Å². The van der Waals surface area contributed by atoms with E-state index < -0.39 is 29.5 Å². The van der Waals surface area contributed by atoms with Crippen LogP contribution in [0, 0.1) is 0 Å². The largest absolute Gasteiger partial charge is 0.416 e. The molecule has 7 nitrogen and oxygen atoms in total. The lowest BCUT2D eigenvalue weighted by molar-refractivity contribution is -0.754. The molecule has 0 spiro atoms. The van der Waals surface area contributed by atoms with Crippen molar-refractivity contribution in [2.75, 3.05) is 10.6 Å². The van der Waals surface area contributed by atoms with E-state index in [1.54, 1.807) is 12.1 Å². The van der Waals surface area contributed by atoms with E-state index in [-0.39, 0.29) is 23.7 Å². The highest BCUT2D eigenvalue weighted by molar-refractivity contribution is 6.11. The van der Waals surface area contributed by atoms with E-state index >= 15 is 0 Å². The average molecular weight is 524 g/mol. The number of benzene rings is 2. The number of rotatable bonds is 7. The van der Waals surface area contributed by atoms with E-state index in [1.165, 1.54) is 29.1 Å². The summed E-state index contributed by atoms with van der Waals surface area (Å²) >= 11 is 0. The predicted molar refractivity (Wildman–Crippen MR) is 124 cm³/mol. The fourth-order valence-corrected chi connectivity index (χ4v) is 3.10. The van der Waals surface area contributed by atoms with Gasteiger partial charge in [-0.05, 0) is 35.4 Å². The van der Waals surface area contributed by atoms with Crippen molar-refractivity contribution in [3.63, 3.8) is 0 Å². The molecule has 0 saturated carbocycles. The predicted octanol–water partition coefficient (Wildman–Crippen LogP) is 6.22. The Hall–Kier alpha value is -4.42. The molecule has 2 amide bonds. The Bertz CT molecular complexity index is 1320. The van der Waals surface area contributed by atoms with Crippen LogP contribution in [0.1, 0.15) is 23.6 Å². The number of carbonyl (C=O) groups excluding carboxylic acids is 1. The lowest BCUT2D eigenvalue weighted by Crippen LogP contribution is -2.35. The molecule has 2 N–H and O–H groups in total. The number of anilines is 2. The quantitative estimate of drug-likeness (QED) is 0.219. The Labute approximate surface area is 206 Å². The highest BCUT2D eigenvalue weighted by Crippen LogP contribution is 2.32. The summed E-state index contributed by atoms with van der Waals surface area (Å²) in [4.78, 5) is 15.8. The molecule has 2 aromatic carbocycles. The van der Waals surface area contributed by atoms with Crippen LogP contribution in [0.3, 0.4) is 0 Å². The van der Waals surface area contributed by atoms with Gasteiger partial charge in [-0.2, -0.15) is 26.3 Å². The van der Waals surface area contributed by atoms with Crippen molar-refractivity contribution in [2.45, 2.75) is 25.8 Å². The first kappa shape index (κ1) is 27.2. The summed E-state index contributed by atoms with van der Waals surface area (Å²) in [6, 6.07) is 9.43. The first-order valence-electron chi connectivity index (χ1n) is 10.5. The van der Waals surface area contributed by atoms with Gasteiger partial charge in [0.1, 0.15) is 0 Å². The Morgan fingerprint density at radius 1 is 1.11 bits per heavy atom. The van der Waals surface area contributed by atoms with Crippen molar-refractivity contribution in [2.24, 2.45) is 4.99 Å². The van der Waals surface area contributed by atoms with Crippen LogP contribution in [-0.2, 0) is 12.7 Å². The fraction of sp³-hybridized carbons (Fsp3) is 0.167. The number of allylic oxidation sites excluding steroid dienone is 2. The molecule has 0 atom stereocenters. The molecule has 194 valence electrons. The van der Waals surface area contributed by atoms with Crippen LogP contribution in [0.25, 0.3) is 5.57 Å². The van der Waals surface area contributed by atoms with Gasteiger partial charge in [0.25, 0.3) is 6.20 Å². The van der Waals surface area contributed by atoms with Crippen molar-refractivity contribution >= 4 is 29.4 Å². The van der Waals surface area contributed by atoms with Crippen LogP contribution < -0.4 is 15.3 Å². The van der Waals surface area contributed by atoms with Gasteiger partial charge >= 0.3 is 24.3 Å². The van der Waals surface area contributed by atoms with Crippen LogP contribution in [-0.4, -0.2) is 23.7 Å². The third kappa shape index (κ3) is 7.53.